The van der Waals surface area contributed by atoms with E-state index in [0.717, 1.165) is 0 Å². The molecule has 0 saturated carbocycles. The number of carbonyl (C=O) groups is 1. The van der Waals surface area contributed by atoms with E-state index in [0.29, 0.717) is 0 Å². The van der Waals surface area contributed by atoms with Crippen LogP contribution in [0.2, 0.25) is 5.15 Å². The summed E-state index contributed by atoms with van der Waals surface area (Å²) in [6.45, 7) is 0. The van der Waals surface area contributed by atoms with E-state index < -0.39 is 11.7 Å². The van der Waals surface area contributed by atoms with Gasteiger partial charge in [0.1, 0.15) is 5.15 Å². The maximum atomic E-state index is 11.8. The Morgan fingerprint density at radius 1 is 1.22 bits per heavy atom. The van der Waals surface area contributed by atoms with Crippen LogP contribution < -0.4 is 5.32 Å². The third kappa shape index (κ3) is 2.49. The molecule has 0 fully saturated rings. The zero-order valence-corrected chi connectivity index (χ0v) is 9.72. The van der Waals surface area contributed by atoms with Gasteiger partial charge < -0.3 is 15.5 Å². The predicted molar refractivity (Wildman–Crippen MR) is 64.8 cm³/mol. The molecule has 2 rings (SSSR count). The van der Waals surface area contributed by atoms with Crippen LogP contribution in [0.4, 0.5) is 5.82 Å². The Balaban J connectivity index is 2.22. The summed E-state index contributed by atoms with van der Waals surface area (Å²) in [5.74, 6) is -1.28. The summed E-state index contributed by atoms with van der Waals surface area (Å²) in [6.07, 6.45) is 2.56. The number of benzene rings is 1. The average molecular weight is 266 g/mol. The summed E-state index contributed by atoms with van der Waals surface area (Å²) in [5.41, 5.74) is -0.0632. The van der Waals surface area contributed by atoms with E-state index in [-0.39, 0.29) is 22.3 Å². The first-order valence-corrected chi connectivity index (χ1v) is 5.25. The largest absolute Gasteiger partial charge is 0.504 e. The molecule has 92 valence electrons. The van der Waals surface area contributed by atoms with E-state index in [1.54, 1.807) is 0 Å². The number of hydrogen-bond acceptors (Lipinski definition) is 5. The lowest BCUT2D eigenvalue weighted by Gasteiger charge is -2.06. The predicted octanol–water partition coefficient (Wildman–Crippen LogP) is 1.79. The highest BCUT2D eigenvalue weighted by Crippen LogP contribution is 2.28. The van der Waals surface area contributed by atoms with Crippen molar-refractivity contribution in [1.82, 2.24) is 9.97 Å². The second-order valence-corrected chi connectivity index (χ2v) is 3.74. The first kappa shape index (κ1) is 12.1. The molecule has 1 heterocycles. The number of aromatic hydroxyl groups is 2. The van der Waals surface area contributed by atoms with Gasteiger partial charge in [-0.05, 0) is 12.1 Å². The van der Waals surface area contributed by atoms with Crippen molar-refractivity contribution in [1.29, 1.82) is 0 Å². The van der Waals surface area contributed by atoms with Gasteiger partial charge in [0.25, 0.3) is 5.91 Å². The molecule has 1 aromatic heterocycles. The number of rotatable bonds is 2. The molecule has 6 nitrogen and oxygen atoms in total. The third-order valence-electron chi connectivity index (χ3n) is 2.12. The van der Waals surface area contributed by atoms with Gasteiger partial charge in [0.2, 0.25) is 0 Å². The molecule has 2 aromatic rings. The summed E-state index contributed by atoms with van der Waals surface area (Å²) < 4.78 is 0. The molecule has 0 spiro atoms. The van der Waals surface area contributed by atoms with Gasteiger partial charge in [0, 0.05) is 0 Å². The van der Waals surface area contributed by atoms with Crippen molar-refractivity contribution in [3.8, 4) is 11.5 Å². The van der Waals surface area contributed by atoms with Crippen molar-refractivity contribution in [2.75, 3.05) is 5.32 Å². The first-order chi connectivity index (χ1) is 8.58. The SMILES string of the molecule is O=C(Nc1cnc(Cl)cn1)c1cccc(O)c1O. The molecule has 0 radical (unpaired) electrons. The first-order valence-electron chi connectivity index (χ1n) is 4.88. The molecule has 18 heavy (non-hydrogen) atoms. The molecule has 7 heteroatoms. The number of phenols is 2. The molecule has 0 unspecified atom stereocenters. The average Bonchev–Trinajstić information content (AvgIpc) is 2.35. The van der Waals surface area contributed by atoms with E-state index in [4.69, 9.17) is 11.6 Å². The monoisotopic (exact) mass is 265 g/mol. The number of anilines is 1. The molecule has 3 N–H and O–H groups in total. The van der Waals surface area contributed by atoms with Crippen molar-refractivity contribution >= 4 is 23.3 Å². The van der Waals surface area contributed by atoms with Crippen molar-refractivity contribution in [2.45, 2.75) is 0 Å². The van der Waals surface area contributed by atoms with Crippen molar-refractivity contribution < 1.29 is 15.0 Å². The Kier molecular flexibility index (Phi) is 3.29. The zero-order valence-electron chi connectivity index (χ0n) is 8.96. The van der Waals surface area contributed by atoms with E-state index in [1.165, 1.54) is 30.6 Å². The Bertz CT molecular complexity index is 587. The third-order valence-corrected chi connectivity index (χ3v) is 2.32. The fraction of sp³-hybridized carbons (Fsp3) is 0. The number of hydrogen-bond donors (Lipinski definition) is 3. The topological polar surface area (TPSA) is 95.3 Å². The molecule has 1 amide bonds. The lowest BCUT2D eigenvalue weighted by atomic mass is 10.1. The van der Waals surface area contributed by atoms with E-state index in [9.17, 15) is 15.0 Å². The molecule has 0 atom stereocenters. The minimum atomic E-state index is -0.611. The lowest BCUT2D eigenvalue weighted by Crippen LogP contribution is -2.13. The highest BCUT2D eigenvalue weighted by atomic mass is 35.5. The maximum Gasteiger partial charge on any atom is 0.260 e. The number of carbonyl (C=O) groups excluding carboxylic acids is 1. The van der Waals surface area contributed by atoms with Crippen molar-refractivity contribution in [3.63, 3.8) is 0 Å². The Hall–Kier alpha value is -2.34. The lowest BCUT2D eigenvalue weighted by molar-refractivity contribution is 0.102. The van der Waals surface area contributed by atoms with Gasteiger partial charge in [-0.2, -0.15) is 0 Å². The van der Waals surface area contributed by atoms with Crippen LogP contribution in [0.15, 0.2) is 30.6 Å². The van der Waals surface area contributed by atoms with Crippen LogP contribution in [-0.4, -0.2) is 26.1 Å². The molecule has 0 saturated heterocycles. The summed E-state index contributed by atoms with van der Waals surface area (Å²) in [7, 11) is 0. The van der Waals surface area contributed by atoms with Crippen LogP contribution in [-0.2, 0) is 0 Å². The highest BCUT2D eigenvalue weighted by molar-refractivity contribution is 6.29. The maximum absolute atomic E-state index is 11.8. The van der Waals surface area contributed by atoms with E-state index in [1.807, 2.05) is 0 Å². The Morgan fingerprint density at radius 2 is 2.00 bits per heavy atom. The summed E-state index contributed by atoms with van der Waals surface area (Å²) in [6, 6.07) is 4.08. The van der Waals surface area contributed by atoms with E-state index in [2.05, 4.69) is 15.3 Å². The van der Waals surface area contributed by atoms with Crippen molar-refractivity contribution in [2.24, 2.45) is 0 Å². The normalized spacial score (nSPS) is 10.1. The summed E-state index contributed by atoms with van der Waals surface area (Å²) in [5, 5.41) is 21.4. The summed E-state index contributed by atoms with van der Waals surface area (Å²) in [4.78, 5) is 19.4. The van der Waals surface area contributed by atoms with Crippen LogP contribution >= 0.6 is 11.6 Å². The summed E-state index contributed by atoms with van der Waals surface area (Å²) >= 11 is 5.55. The standard InChI is InChI=1S/C11H8ClN3O3/c12-8-4-14-9(5-13-8)15-11(18)6-2-1-3-7(16)10(6)17/h1-5,16-17H,(H,14,15,18). The van der Waals surface area contributed by atoms with Gasteiger partial charge in [-0.15, -0.1) is 0 Å². The number of nitrogens with one attached hydrogen (secondary N) is 1. The fourth-order valence-electron chi connectivity index (χ4n) is 1.28. The zero-order chi connectivity index (χ0) is 13.1. The fourth-order valence-corrected chi connectivity index (χ4v) is 1.37. The van der Waals surface area contributed by atoms with Gasteiger partial charge in [0.15, 0.2) is 17.3 Å². The van der Waals surface area contributed by atoms with Crippen LogP contribution in [0.3, 0.4) is 0 Å². The number of phenolic OH excluding ortho intramolecular Hbond substituents is 2. The number of halogens is 1. The second-order valence-electron chi connectivity index (χ2n) is 3.35. The minimum Gasteiger partial charge on any atom is -0.504 e. The van der Waals surface area contributed by atoms with Gasteiger partial charge in [-0.3, -0.25) is 4.79 Å². The van der Waals surface area contributed by atoms with E-state index >= 15 is 0 Å². The second kappa shape index (κ2) is 4.89. The molecule has 0 aliphatic rings. The molecule has 1 aromatic carbocycles. The van der Waals surface area contributed by atoms with Crippen molar-refractivity contribution in [3.05, 3.63) is 41.3 Å². The van der Waals surface area contributed by atoms with Gasteiger partial charge >= 0.3 is 0 Å². The number of nitrogens with zero attached hydrogens (tertiary/aromatic N) is 2. The number of para-hydroxylation sites is 1. The molecule has 0 aliphatic heterocycles. The molecular formula is C11H8ClN3O3. The highest BCUT2D eigenvalue weighted by Gasteiger charge is 2.14. The minimum absolute atomic E-state index is 0.0632. The van der Waals surface area contributed by atoms with Crippen LogP contribution in [0.25, 0.3) is 0 Å². The van der Waals surface area contributed by atoms with Gasteiger partial charge in [-0.1, -0.05) is 17.7 Å². The Labute approximate surface area is 107 Å². The number of amides is 1. The van der Waals surface area contributed by atoms with Gasteiger partial charge in [-0.25, -0.2) is 9.97 Å². The molecular weight excluding hydrogens is 258 g/mol. The quantitative estimate of drug-likeness (QED) is 0.720. The number of aromatic nitrogens is 2. The van der Waals surface area contributed by atoms with Gasteiger partial charge in [0.05, 0.1) is 18.0 Å². The van der Waals surface area contributed by atoms with Crippen LogP contribution in [0.1, 0.15) is 10.4 Å². The molecule has 0 aliphatic carbocycles. The van der Waals surface area contributed by atoms with Crippen LogP contribution in [0, 0.1) is 0 Å². The molecule has 0 bridgehead atoms. The Morgan fingerprint density at radius 3 is 2.67 bits per heavy atom. The van der Waals surface area contributed by atoms with Crippen LogP contribution in [0.5, 0.6) is 11.5 Å². The smallest absolute Gasteiger partial charge is 0.260 e.